The Bertz CT molecular complexity index is 1240. The maximum atomic E-state index is 13.4. The Morgan fingerprint density at radius 2 is 1.88 bits per heavy atom. The Balaban J connectivity index is 1.36. The van der Waals surface area contributed by atoms with Gasteiger partial charge in [0.05, 0.1) is 6.61 Å². The van der Waals surface area contributed by atoms with Crippen molar-refractivity contribution < 1.29 is 19.6 Å². The normalized spacial score (nSPS) is 16.3. The lowest BCUT2D eigenvalue weighted by Gasteiger charge is -2.38. The molecule has 2 aliphatic rings. The van der Waals surface area contributed by atoms with E-state index in [9.17, 15) is 14.8 Å². The fourth-order valence-electron chi connectivity index (χ4n) is 5.02. The van der Waals surface area contributed by atoms with E-state index in [1.165, 1.54) is 5.56 Å². The van der Waals surface area contributed by atoms with Crippen LogP contribution in [0.15, 0.2) is 60.7 Å². The summed E-state index contributed by atoms with van der Waals surface area (Å²) in [6.07, 6.45) is 1.66. The monoisotopic (exact) mass is 476 g/mol. The van der Waals surface area contributed by atoms with Gasteiger partial charge in [-0.15, -0.1) is 0 Å². The molecule has 4 N–H and O–H groups in total. The Morgan fingerprint density at radius 1 is 1.09 bits per heavy atom. The molecule has 1 fully saturated rings. The summed E-state index contributed by atoms with van der Waals surface area (Å²) in [7, 11) is -1.57. The molecule has 34 heavy (non-hydrogen) atoms. The quantitative estimate of drug-likeness (QED) is 0.503. The van der Waals surface area contributed by atoms with Gasteiger partial charge in [0.1, 0.15) is 5.75 Å². The Kier molecular flexibility index (Phi) is 6.12. The zero-order chi connectivity index (χ0) is 23.9. The van der Waals surface area contributed by atoms with Crippen molar-refractivity contribution in [2.24, 2.45) is 5.73 Å². The molecule has 2 heterocycles. The van der Waals surface area contributed by atoms with Crippen LogP contribution in [0.4, 0.5) is 0 Å². The minimum absolute atomic E-state index is 0.0408. The van der Waals surface area contributed by atoms with Gasteiger partial charge in [0.15, 0.2) is 0 Å². The number of carbonyl (C=O) groups excluding carboxylic acids is 1. The van der Waals surface area contributed by atoms with E-state index in [4.69, 9.17) is 22.1 Å². The highest BCUT2D eigenvalue weighted by Gasteiger charge is 2.44. The van der Waals surface area contributed by atoms with Crippen LogP contribution in [0.1, 0.15) is 34.3 Å². The smallest absolute Gasteiger partial charge is 0.488 e. The molecule has 0 radical (unpaired) electrons. The van der Waals surface area contributed by atoms with Crippen molar-refractivity contribution in [1.82, 2.24) is 4.90 Å². The van der Waals surface area contributed by atoms with Crippen LogP contribution < -0.4 is 15.9 Å². The van der Waals surface area contributed by atoms with Crippen molar-refractivity contribution in [2.75, 3.05) is 19.7 Å². The minimum Gasteiger partial charge on any atom is -0.492 e. The molecule has 0 saturated carbocycles. The van der Waals surface area contributed by atoms with Crippen molar-refractivity contribution in [3.8, 4) is 16.9 Å². The molecule has 0 atom stereocenters. The molecule has 5 rings (SSSR count). The first kappa shape index (κ1) is 22.9. The number of fused-ring (bicyclic) bond motifs is 2. The summed E-state index contributed by atoms with van der Waals surface area (Å²) in [6.45, 7) is 2.40. The SMILES string of the molecule is NCc1ccc2c(c1)C1(CCN(C(=O)c3ccc(Cl)c(-c4cccc(B(O)O)c4)c3)CC1)CO2. The van der Waals surface area contributed by atoms with Crippen molar-refractivity contribution >= 4 is 30.1 Å². The van der Waals surface area contributed by atoms with Gasteiger partial charge in [-0.25, -0.2) is 0 Å². The van der Waals surface area contributed by atoms with Crippen LogP contribution in [0.2, 0.25) is 5.02 Å². The number of carbonyl (C=O) groups is 1. The van der Waals surface area contributed by atoms with E-state index in [1.807, 2.05) is 23.1 Å². The number of hydrogen-bond acceptors (Lipinski definition) is 5. The molecule has 174 valence electrons. The van der Waals surface area contributed by atoms with E-state index in [0.29, 0.717) is 47.9 Å². The number of amides is 1. The second kappa shape index (κ2) is 9.08. The van der Waals surface area contributed by atoms with Crippen molar-refractivity contribution in [3.05, 3.63) is 82.4 Å². The first-order valence-corrected chi connectivity index (χ1v) is 11.8. The van der Waals surface area contributed by atoms with Crippen LogP contribution in [0.3, 0.4) is 0 Å². The van der Waals surface area contributed by atoms with Crippen LogP contribution in [-0.4, -0.2) is 47.7 Å². The van der Waals surface area contributed by atoms with E-state index in [0.717, 1.165) is 29.7 Å². The second-order valence-corrected chi connectivity index (χ2v) is 9.50. The van der Waals surface area contributed by atoms with Gasteiger partial charge >= 0.3 is 7.12 Å². The number of nitrogens with two attached hydrogens (primary N) is 1. The first-order valence-electron chi connectivity index (χ1n) is 11.4. The van der Waals surface area contributed by atoms with E-state index < -0.39 is 7.12 Å². The molecule has 1 spiro atoms. The number of halogens is 1. The third-order valence-electron chi connectivity index (χ3n) is 7.07. The van der Waals surface area contributed by atoms with Crippen LogP contribution in [0.5, 0.6) is 5.75 Å². The average Bonchev–Trinajstić information content (AvgIpc) is 3.21. The number of ether oxygens (including phenoxy) is 1. The number of likely N-dealkylation sites (tertiary alicyclic amines) is 1. The molecule has 2 aliphatic heterocycles. The van der Waals surface area contributed by atoms with Crippen LogP contribution >= 0.6 is 11.6 Å². The fourth-order valence-corrected chi connectivity index (χ4v) is 5.25. The van der Waals surface area contributed by atoms with Gasteiger partial charge in [0, 0.05) is 46.8 Å². The van der Waals surface area contributed by atoms with Crippen LogP contribution in [0, 0.1) is 0 Å². The molecule has 8 heteroatoms. The van der Waals surface area contributed by atoms with Gasteiger partial charge in [-0.2, -0.15) is 0 Å². The van der Waals surface area contributed by atoms with Gasteiger partial charge in [-0.1, -0.05) is 48.0 Å². The van der Waals surface area contributed by atoms with Crippen LogP contribution in [-0.2, 0) is 12.0 Å². The number of rotatable bonds is 4. The molecular formula is C26H26BClN2O4. The van der Waals surface area contributed by atoms with Gasteiger partial charge in [0.2, 0.25) is 0 Å². The predicted molar refractivity (Wildman–Crippen MR) is 133 cm³/mol. The molecule has 0 bridgehead atoms. The van der Waals surface area contributed by atoms with Gasteiger partial charge in [0.25, 0.3) is 5.91 Å². The Labute approximate surface area is 204 Å². The third-order valence-corrected chi connectivity index (χ3v) is 7.40. The highest BCUT2D eigenvalue weighted by molar-refractivity contribution is 6.58. The molecule has 0 unspecified atom stereocenters. The molecule has 6 nitrogen and oxygen atoms in total. The summed E-state index contributed by atoms with van der Waals surface area (Å²) < 4.78 is 5.98. The van der Waals surface area contributed by atoms with E-state index in [2.05, 4.69) is 6.07 Å². The highest BCUT2D eigenvalue weighted by atomic mass is 35.5. The number of hydrogen-bond donors (Lipinski definition) is 3. The molecule has 0 aromatic heterocycles. The lowest BCUT2D eigenvalue weighted by molar-refractivity contribution is 0.0646. The zero-order valence-electron chi connectivity index (χ0n) is 18.7. The summed E-state index contributed by atoms with van der Waals surface area (Å²) >= 11 is 6.43. The summed E-state index contributed by atoms with van der Waals surface area (Å²) in [6, 6.07) is 18.3. The summed E-state index contributed by atoms with van der Waals surface area (Å²) in [4.78, 5) is 15.3. The van der Waals surface area contributed by atoms with Gasteiger partial charge < -0.3 is 25.4 Å². The summed E-state index contributed by atoms with van der Waals surface area (Å²) in [5.74, 6) is 0.885. The predicted octanol–water partition coefficient (Wildman–Crippen LogP) is 2.71. The first-order chi connectivity index (χ1) is 16.4. The van der Waals surface area contributed by atoms with E-state index >= 15 is 0 Å². The molecule has 1 saturated heterocycles. The maximum absolute atomic E-state index is 13.4. The van der Waals surface area contributed by atoms with Crippen molar-refractivity contribution in [3.63, 3.8) is 0 Å². The summed E-state index contributed by atoms with van der Waals surface area (Å²) in [5.41, 5.74) is 10.4. The molecule has 3 aromatic carbocycles. The van der Waals surface area contributed by atoms with Crippen LogP contribution in [0.25, 0.3) is 11.1 Å². The average molecular weight is 477 g/mol. The number of piperidine rings is 1. The number of nitrogens with zero attached hydrogens (tertiary/aromatic N) is 1. The molecular weight excluding hydrogens is 451 g/mol. The lowest BCUT2D eigenvalue weighted by atomic mass is 9.74. The highest BCUT2D eigenvalue weighted by Crippen LogP contribution is 2.46. The minimum atomic E-state index is -1.57. The van der Waals surface area contributed by atoms with E-state index in [-0.39, 0.29) is 11.3 Å². The molecule has 0 aliphatic carbocycles. The third kappa shape index (κ3) is 4.09. The molecule has 3 aromatic rings. The lowest BCUT2D eigenvalue weighted by Crippen LogP contribution is -2.46. The van der Waals surface area contributed by atoms with Crippen molar-refractivity contribution in [2.45, 2.75) is 24.8 Å². The zero-order valence-corrected chi connectivity index (χ0v) is 19.5. The van der Waals surface area contributed by atoms with Crippen molar-refractivity contribution in [1.29, 1.82) is 0 Å². The Morgan fingerprint density at radius 3 is 2.62 bits per heavy atom. The topological polar surface area (TPSA) is 96.0 Å². The largest absolute Gasteiger partial charge is 0.492 e. The van der Waals surface area contributed by atoms with E-state index in [1.54, 1.807) is 36.4 Å². The molecule has 1 amide bonds. The van der Waals surface area contributed by atoms with Gasteiger partial charge in [-0.3, -0.25) is 4.79 Å². The maximum Gasteiger partial charge on any atom is 0.488 e. The number of benzene rings is 3. The standard InChI is InChI=1S/C26H26BClN2O4/c28-23-6-5-19(14-21(23)18-2-1-3-20(13-18)27(32)33)25(31)30-10-8-26(9-11-30)16-34-24-7-4-17(15-29)12-22(24)26/h1-7,12-14,32-33H,8-11,15-16,29H2. The second-order valence-electron chi connectivity index (χ2n) is 9.09. The fraction of sp³-hybridized carbons (Fsp3) is 0.269. The van der Waals surface area contributed by atoms with Gasteiger partial charge in [-0.05, 0) is 53.7 Å². The Hall–Kier alpha value is -2.84. The summed E-state index contributed by atoms with van der Waals surface area (Å²) in [5, 5.41) is 19.5.